The van der Waals surface area contributed by atoms with Gasteiger partial charge in [0.15, 0.2) is 0 Å². The second-order valence-corrected chi connectivity index (χ2v) is 24.6. The van der Waals surface area contributed by atoms with Gasteiger partial charge in [0.2, 0.25) is 59.1 Å². The molecule has 2 aromatic heterocycles. The zero-order valence-electron chi connectivity index (χ0n) is 51.6. The number of nitrogens with two attached hydrogens (primary N) is 1. The van der Waals surface area contributed by atoms with E-state index in [0.717, 1.165) is 27.8 Å². The van der Waals surface area contributed by atoms with Gasteiger partial charge in [0.25, 0.3) is 0 Å². The molecule has 5 aromatic rings. The molecule has 3 unspecified atom stereocenters. The van der Waals surface area contributed by atoms with Crippen LogP contribution in [-0.2, 0) is 87.3 Å². The van der Waals surface area contributed by atoms with Crippen LogP contribution in [0.5, 0.6) is 0 Å². The molecule has 10 atom stereocenters. The number of hydrogen-bond donors (Lipinski definition) is 17. The van der Waals surface area contributed by atoms with Crippen LogP contribution in [0.15, 0.2) is 109 Å². The molecular formula is C62H80N14O15S2Tc. The number of aromatic carboxylic acids is 1. The molecule has 18 N–H and O–H groups in total. The fourth-order valence-corrected chi connectivity index (χ4v) is 11.8. The van der Waals surface area contributed by atoms with Gasteiger partial charge in [-0.15, -0.1) is 0 Å². The number of aliphatic hydroxyl groups excluding tert-OH is 3. The summed E-state index contributed by atoms with van der Waals surface area (Å²) in [7, 11) is 1.87. The normalized spacial score (nSPS) is 19.7. The van der Waals surface area contributed by atoms with Crippen LogP contribution in [0.2, 0.25) is 0 Å². The number of pyridine rings is 1. The monoisotopic (exact) mass is 1420 g/mol. The predicted octanol–water partition coefficient (Wildman–Crippen LogP) is -1.13. The molecule has 1 aliphatic rings. The van der Waals surface area contributed by atoms with Crippen LogP contribution in [0.1, 0.15) is 79.4 Å². The van der Waals surface area contributed by atoms with Crippen LogP contribution >= 0.6 is 21.6 Å². The zero-order valence-corrected chi connectivity index (χ0v) is 55.1. The van der Waals surface area contributed by atoms with Gasteiger partial charge in [0.05, 0.1) is 30.4 Å². The summed E-state index contributed by atoms with van der Waals surface area (Å²) in [4.78, 5) is 159. The Morgan fingerprint density at radius 1 is 0.681 bits per heavy atom. The molecule has 1 saturated heterocycles. The molecule has 1 fully saturated rings. The summed E-state index contributed by atoms with van der Waals surface area (Å²) in [5, 5.41) is 65.1. The van der Waals surface area contributed by atoms with E-state index >= 15 is 9.59 Å². The molecule has 1 radical (unpaired) electrons. The molecule has 0 spiro atoms. The number of H-pyrrole nitrogens is 1. The van der Waals surface area contributed by atoms with Crippen molar-refractivity contribution in [3.05, 3.63) is 132 Å². The van der Waals surface area contributed by atoms with Gasteiger partial charge in [-0.05, 0) is 74.5 Å². The Morgan fingerprint density at radius 3 is 1.96 bits per heavy atom. The van der Waals surface area contributed by atoms with Gasteiger partial charge in [-0.25, -0.2) is 9.78 Å². The van der Waals surface area contributed by atoms with Crippen molar-refractivity contribution in [2.75, 3.05) is 36.6 Å². The number of amides is 10. The first-order valence-corrected chi connectivity index (χ1v) is 32.6. The van der Waals surface area contributed by atoms with Crippen molar-refractivity contribution in [2.24, 2.45) is 5.73 Å². The first-order chi connectivity index (χ1) is 44.6. The van der Waals surface area contributed by atoms with Crippen molar-refractivity contribution >= 4 is 103 Å². The van der Waals surface area contributed by atoms with E-state index in [-0.39, 0.29) is 101 Å². The number of nitrogens with zero attached hydrogens (tertiary/aromatic N) is 1. The summed E-state index contributed by atoms with van der Waals surface area (Å²) in [5.41, 5.74) is 13.1. The number of benzene rings is 3. The molecule has 94 heavy (non-hydrogen) atoms. The van der Waals surface area contributed by atoms with E-state index in [9.17, 15) is 58.5 Å². The number of aromatic nitrogens is 2. The number of aliphatic hydroxyl groups is 3. The largest absolute Gasteiger partial charge is 0.478 e. The minimum Gasteiger partial charge on any atom is -0.478 e. The first-order valence-electron chi connectivity index (χ1n) is 30.1. The third-order valence-corrected chi connectivity index (χ3v) is 17.2. The van der Waals surface area contributed by atoms with Crippen molar-refractivity contribution in [2.45, 2.75) is 132 Å². The van der Waals surface area contributed by atoms with E-state index in [0.29, 0.717) is 40.4 Å². The van der Waals surface area contributed by atoms with E-state index < -0.39 is 132 Å². The number of aromatic amines is 1. The molecule has 3 aromatic carbocycles. The maximum atomic E-state index is 15.1. The summed E-state index contributed by atoms with van der Waals surface area (Å²) >= 11 is 0. The molecule has 3 heterocycles. The number of carbonyl (C=O) groups is 11. The van der Waals surface area contributed by atoms with E-state index in [1.54, 1.807) is 79.0 Å². The number of rotatable bonds is 27. The first kappa shape index (κ1) is 76.2. The number of fused-ring (bicyclic) bond motifs is 1. The number of unbranched alkanes of at least 4 members (excludes halogenated alkanes) is 1. The number of anilines is 1. The SMILES string of the molecule is CC(O)C(CO)NC(=O)[C@@H]1CSSC[C@@H](NC(=O)[C@@H](Cc2ccccc2)NC(=O)CCNC(=O)CCC(=O)NNc2ccc(C(=O)O)cn2)C(=O)N[C@H](Cc2ccccc2)C(=O)N[C@@H](Cc2c[nH]c3ccccc23)C(=O)N[C@H](CCCCN)C(=O)N[C@H](C(C)O)C(=O)N1.[99Tc]. The van der Waals surface area contributed by atoms with Crippen molar-refractivity contribution in [3.63, 3.8) is 0 Å². The number of nitrogens with one attached hydrogen (secondary N) is 12. The average molecular weight is 1420 g/mol. The van der Waals surface area contributed by atoms with E-state index in [1.165, 1.54) is 26.0 Å². The van der Waals surface area contributed by atoms with Crippen LogP contribution in [0, 0.1) is 0 Å². The van der Waals surface area contributed by atoms with E-state index in [2.05, 4.69) is 68.7 Å². The minimum absolute atomic E-state index is 0. The van der Waals surface area contributed by atoms with E-state index in [4.69, 9.17) is 10.8 Å². The average Bonchev–Trinajstić information content (AvgIpc) is 1.65. The molecule has 32 heteroatoms. The summed E-state index contributed by atoms with van der Waals surface area (Å²) in [6.45, 7) is 1.83. The molecule has 0 saturated carbocycles. The molecule has 507 valence electrons. The van der Waals surface area contributed by atoms with Crippen molar-refractivity contribution in [1.29, 1.82) is 0 Å². The molecule has 0 bridgehead atoms. The summed E-state index contributed by atoms with van der Waals surface area (Å²) in [6, 6.07) is 15.3. The van der Waals surface area contributed by atoms with Gasteiger partial charge in [-0.2, -0.15) is 0 Å². The number of carbonyl (C=O) groups excluding carboxylic acids is 10. The van der Waals surface area contributed by atoms with Gasteiger partial charge in [0.1, 0.15) is 48.1 Å². The van der Waals surface area contributed by atoms with Gasteiger partial charge in [0, 0.05) is 100.0 Å². The maximum absolute atomic E-state index is 15.1. The number of para-hydroxylation sites is 1. The Morgan fingerprint density at radius 2 is 1.31 bits per heavy atom. The van der Waals surface area contributed by atoms with Crippen molar-refractivity contribution in [1.82, 2.24) is 63.2 Å². The van der Waals surface area contributed by atoms with Gasteiger partial charge in [-0.3, -0.25) is 58.8 Å². The Labute approximate surface area is 563 Å². The quantitative estimate of drug-likeness (QED) is 0.0168. The standard InChI is InChI=1S/C62H80N14O15S2.Tc/c1-35(78)47(32-77)71-60(88)49-34-93-92-33-48(72-56(84)44(27-37-13-5-3-6-14-37)67-52(81)24-26-64-51(80)22-23-53(82)76-75-50-21-20-39(30-66-50)62(90)91)59(87)69-45(28-38-15-7-4-8-16-38)57(85)70-46(29-40-31-65-42-18-10-9-17-41(40)42)58(86)68-43(19-11-12-25-63)55(83)74-54(36(2)79)61(89)73-49;/h3-10,13-18,20-21,30-31,35-36,43-49,54,65,77-79H,11-12,19,22-29,32-34,63H2,1-2H3,(H,64,80)(H,66,75)(H,67,81)(H,68,86)(H,69,87)(H,70,85)(H,71,88)(H,72,84)(H,73,89)(H,74,83)(H,76,82)(H,90,91);/t35?,36?,43-,44-,45-,46+,47?,48-,49+,54-;/m1./s1/i;1+1. The fraction of sp³-hybridized carbons (Fsp3) is 0.419. The smallest absolute Gasteiger partial charge is 0.337 e. The molecule has 0 aliphatic carbocycles. The molecule has 6 rings (SSSR count). The molecule has 10 amide bonds. The molecular weight excluding hydrogens is 1340 g/mol. The Balaban J connectivity index is 0.0000160. The van der Waals surface area contributed by atoms with Gasteiger partial charge in [-0.1, -0.05) is 100 Å². The van der Waals surface area contributed by atoms with Crippen LogP contribution in [0.3, 0.4) is 0 Å². The summed E-state index contributed by atoms with van der Waals surface area (Å²) in [5.74, 6) is -9.89. The molecule has 29 nitrogen and oxygen atoms in total. The van der Waals surface area contributed by atoms with Crippen LogP contribution in [0.25, 0.3) is 10.9 Å². The number of carboxylic acids is 1. The van der Waals surface area contributed by atoms with Crippen LogP contribution in [0.4, 0.5) is 5.82 Å². The third kappa shape index (κ3) is 24.8. The van der Waals surface area contributed by atoms with Crippen molar-refractivity contribution in [3.8, 4) is 0 Å². The number of hydrazine groups is 1. The van der Waals surface area contributed by atoms with Crippen LogP contribution in [-0.4, -0.2) is 187 Å². The predicted molar refractivity (Wildman–Crippen MR) is 346 cm³/mol. The van der Waals surface area contributed by atoms with Gasteiger partial charge >= 0.3 is 5.97 Å². The Hall–Kier alpha value is -8.49. The third-order valence-electron chi connectivity index (χ3n) is 14.7. The number of carboxylic acid groups (broad SMARTS) is 1. The number of hydrogen-bond acceptors (Lipinski definition) is 19. The van der Waals surface area contributed by atoms with Crippen molar-refractivity contribution < 1.29 is 93.3 Å². The maximum Gasteiger partial charge on any atom is 0.337 e. The Bertz CT molecular complexity index is 3360. The summed E-state index contributed by atoms with van der Waals surface area (Å²) < 4.78 is 0. The Kier molecular flexibility index (Phi) is 31.8. The zero-order chi connectivity index (χ0) is 67.4. The van der Waals surface area contributed by atoms with Crippen LogP contribution < -0.4 is 64.4 Å². The minimum atomic E-state index is -1.74. The molecule has 1 aliphatic heterocycles. The second kappa shape index (κ2) is 39.3. The van der Waals surface area contributed by atoms with E-state index in [1.807, 2.05) is 12.1 Å². The summed E-state index contributed by atoms with van der Waals surface area (Å²) in [6.07, 6.45) is -0.753. The fourth-order valence-electron chi connectivity index (χ4n) is 9.51. The topological polar surface area (TPSA) is 456 Å². The second-order valence-electron chi connectivity index (χ2n) is 22.0. The van der Waals surface area contributed by atoms with Gasteiger partial charge < -0.3 is 79.0 Å².